The molecule has 15 heteroatoms. The fourth-order valence-electron chi connectivity index (χ4n) is 3.90. The molecule has 0 radical (unpaired) electrons. The predicted octanol–water partition coefficient (Wildman–Crippen LogP) is 6.56. The lowest BCUT2D eigenvalue weighted by Gasteiger charge is -2.09. The molecule has 41 heavy (non-hydrogen) atoms. The number of fused-ring (bicyclic) bond motifs is 1. The maximum Gasteiger partial charge on any atom is 0.281 e. The van der Waals surface area contributed by atoms with Crippen molar-refractivity contribution in [3.63, 3.8) is 0 Å². The Morgan fingerprint density at radius 3 is 2.56 bits per heavy atom. The molecule has 5 rings (SSSR count). The molecule has 0 saturated carbocycles. The predicted molar refractivity (Wildman–Crippen MR) is 157 cm³/mol. The number of carbonyl (C=O) groups is 1. The SMILES string of the molecule is CCn1c(Sc2ccc([N+](=O)[O-])cc2/C=N/NC(=O)c2cc3cc([N+](=O)[O-])ccc3s2)nnc1-c1cccc(Cl)c1. The van der Waals surface area contributed by atoms with Crippen LogP contribution in [0.1, 0.15) is 22.2 Å². The van der Waals surface area contributed by atoms with E-state index in [-0.39, 0.29) is 11.4 Å². The van der Waals surface area contributed by atoms with Crippen LogP contribution >= 0.6 is 34.7 Å². The first kappa shape index (κ1) is 27.9. The van der Waals surface area contributed by atoms with E-state index in [1.165, 1.54) is 42.2 Å². The molecule has 12 nitrogen and oxygen atoms in total. The van der Waals surface area contributed by atoms with Crippen molar-refractivity contribution in [2.45, 2.75) is 23.5 Å². The highest BCUT2D eigenvalue weighted by atomic mass is 35.5. The average molecular weight is 608 g/mol. The van der Waals surface area contributed by atoms with E-state index in [1.807, 2.05) is 23.6 Å². The van der Waals surface area contributed by atoms with E-state index in [1.54, 1.807) is 30.3 Å². The molecule has 0 aliphatic rings. The van der Waals surface area contributed by atoms with Crippen molar-refractivity contribution in [1.82, 2.24) is 20.2 Å². The van der Waals surface area contributed by atoms with Crippen LogP contribution < -0.4 is 5.43 Å². The second-order valence-corrected chi connectivity index (χ2v) is 11.0. The van der Waals surface area contributed by atoms with Gasteiger partial charge in [0.15, 0.2) is 11.0 Å². The number of rotatable bonds is 9. The summed E-state index contributed by atoms with van der Waals surface area (Å²) in [6.07, 6.45) is 1.32. The van der Waals surface area contributed by atoms with Gasteiger partial charge in [0.1, 0.15) is 0 Å². The first-order chi connectivity index (χ1) is 19.7. The van der Waals surface area contributed by atoms with Crippen molar-refractivity contribution < 1.29 is 14.6 Å². The number of hydrogen-bond acceptors (Lipinski definition) is 10. The van der Waals surface area contributed by atoms with E-state index >= 15 is 0 Å². The van der Waals surface area contributed by atoms with E-state index < -0.39 is 15.8 Å². The van der Waals surface area contributed by atoms with Gasteiger partial charge >= 0.3 is 0 Å². The van der Waals surface area contributed by atoms with Crippen LogP contribution in [0.2, 0.25) is 5.02 Å². The smallest absolute Gasteiger partial charge is 0.281 e. The molecule has 0 bridgehead atoms. The Bertz CT molecular complexity index is 1850. The lowest BCUT2D eigenvalue weighted by atomic mass is 10.2. The van der Waals surface area contributed by atoms with Crippen molar-refractivity contribution >= 4 is 68.3 Å². The molecule has 0 aliphatic heterocycles. The summed E-state index contributed by atoms with van der Waals surface area (Å²) in [6, 6.07) is 17.4. The maximum atomic E-state index is 12.7. The van der Waals surface area contributed by atoms with E-state index in [0.717, 1.165) is 16.9 Å². The van der Waals surface area contributed by atoms with Crippen molar-refractivity contribution in [1.29, 1.82) is 0 Å². The number of aromatic nitrogens is 3. The first-order valence-electron chi connectivity index (χ1n) is 11.9. The number of carbonyl (C=O) groups excluding carboxylic acids is 1. The van der Waals surface area contributed by atoms with Crippen LogP contribution in [0.5, 0.6) is 0 Å². The van der Waals surface area contributed by atoms with Crippen LogP contribution in [0, 0.1) is 20.2 Å². The van der Waals surface area contributed by atoms with Gasteiger partial charge in [0.2, 0.25) is 0 Å². The van der Waals surface area contributed by atoms with E-state index in [0.29, 0.717) is 48.0 Å². The summed E-state index contributed by atoms with van der Waals surface area (Å²) >= 11 is 8.55. The molecule has 206 valence electrons. The largest absolute Gasteiger partial charge is 0.302 e. The number of nitro benzene ring substituents is 2. The minimum absolute atomic E-state index is 0.0745. The molecule has 0 unspecified atom stereocenters. The fourth-order valence-corrected chi connectivity index (χ4v) is 6.00. The van der Waals surface area contributed by atoms with Crippen LogP contribution in [0.25, 0.3) is 21.5 Å². The third-order valence-corrected chi connectivity index (χ3v) is 8.25. The van der Waals surface area contributed by atoms with E-state index in [2.05, 4.69) is 20.7 Å². The molecule has 3 aromatic carbocycles. The van der Waals surface area contributed by atoms with Gasteiger partial charge in [-0.25, -0.2) is 5.43 Å². The van der Waals surface area contributed by atoms with Crippen LogP contribution in [0.3, 0.4) is 0 Å². The van der Waals surface area contributed by atoms with Crippen molar-refractivity contribution in [2.24, 2.45) is 5.10 Å². The molecule has 0 aliphatic carbocycles. The third-order valence-electron chi connectivity index (χ3n) is 5.83. The van der Waals surface area contributed by atoms with Crippen LogP contribution in [0.15, 0.2) is 81.9 Å². The summed E-state index contributed by atoms with van der Waals surface area (Å²) in [5.74, 6) is 0.0946. The van der Waals surface area contributed by atoms with Crippen LogP contribution in [-0.4, -0.2) is 36.7 Å². The van der Waals surface area contributed by atoms with E-state index in [9.17, 15) is 25.0 Å². The zero-order valence-corrected chi connectivity index (χ0v) is 23.4. The average Bonchev–Trinajstić information content (AvgIpc) is 3.57. The van der Waals surface area contributed by atoms with Crippen molar-refractivity contribution in [2.75, 3.05) is 0 Å². The number of non-ortho nitro benzene ring substituents is 2. The van der Waals surface area contributed by atoms with Gasteiger partial charge in [0.05, 0.1) is 20.9 Å². The lowest BCUT2D eigenvalue weighted by Crippen LogP contribution is -2.16. The van der Waals surface area contributed by atoms with Crippen molar-refractivity contribution in [3.8, 4) is 11.4 Å². The number of nitro groups is 2. The Kier molecular flexibility index (Phi) is 8.05. The molecule has 0 atom stereocenters. The highest BCUT2D eigenvalue weighted by molar-refractivity contribution is 7.99. The topological polar surface area (TPSA) is 158 Å². The minimum atomic E-state index is -0.526. The Morgan fingerprint density at radius 2 is 1.83 bits per heavy atom. The lowest BCUT2D eigenvalue weighted by molar-refractivity contribution is -0.385. The van der Waals surface area contributed by atoms with Gasteiger partial charge in [0.25, 0.3) is 17.3 Å². The number of hydrogen-bond donors (Lipinski definition) is 1. The molecular formula is C26H18ClN7O5S2. The number of nitrogens with one attached hydrogen (secondary N) is 1. The Morgan fingerprint density at radius 1 is 1.07 bits per heavy atom. The second kappa shape index (κ2) is 11.8. The third kappa shape index (κ3) is 6.09. The Labute approximate surface area is 245 Å². The zero-order chi connectivity index (χ0) is 29.1. The summed E-state index contributed by atoms with van der Waals surface area (Å²) in [7, 11) is 0. The molecule has 0 fully saturated rings. The summed E-state index contributed by atoms with van der Waals surface area (Å²) < 4.78 is 2.60. The monoisotopic (exact) mass is 607 g/mol. The first-order valence-corrected chi connectivity index (χ1v) is 13.9. The highest BCUT2D eigenvalue weighted by Gasteiger charge is 2.18. The standard InChI is InChI=1S/C26H18ClN7O5S2/c1-2-32-24(15-4-3-5-18(27)10-15)29-31-26(32)41-22-9-7-20(34(38)39)12-17(22)14-28-30-25(35)23-13-16-11-19(33(36)37)6-8-21(16)40-23/h3-14H,2H2,1H3,(H,30,35)/b28-14+. The number of nitrogens with zero attached hydrogens (tertiary/aromatic N) is 6. The zero-order valence-electron chi connectivity index (χ0n) is 21.1. The van der Waals surface area contributed by atoms with Gasteiger partial charge < -0.3 is 4.57 Å². The number of thiophene rings is 1. The fraction of sp³-hybridized carbons (Fsp3) is 0.0769. The van der Waals surface area contributed by atoms with Gasteiger partial charge in [-0.1, -0.05) is 23.7 Å². The number of hydrazone groups is 1. The van der Waals surface area contributed by atoms with Gasteiger partial charge in [-0.15, -0.1) is 21.5 Å². The minimum Gasteiger partial charge on any atom is -0.302 e. The van der Waals surface area contributed by atoms with Gasteiger partial charge in [-0.05, 0) is 49.0 Å². The summed E-state index contributed by atoms with van der Waals surface area (Å²) in [5, 5.41) is 36.8. The molecule has 1 N–H and O–H groups in total. The van der Waals surface area contributed by atoms with Gasteiger partial charge in [0, 0.05) is 61.9 Å². The van der Waals surface area contributed by atoms with Gasteiger partial charge in [-0.2, -0.15) is 5.10 Å². The summed E-state index contributed by atoms with van der Waals surface area (Å²) in [5.41, 5.74) is 3.37. The normalized spacial score (nSPS) is 11.3. The molecule has 2 aromatic heterocycles. The maximum absolute atomic E-state index is 12.7. The quantitative estimate of drug-likeness (QED) is 0.112. The summed E-state index contributed by atoms with van der Waals surface area (Å²) in [4.78, 5) is 35.1. The number of amides is 1. The highest BCUT2D eigenvalue weighted by Crippen LogP contribution is 2.34. The molecule has 1 amide bonds. The van der Waals surface area contributed by atoms with Gasteiger partial charge in [-0.3, -0.25) is 25.0 Å². The number of benzene rings is 3. The molecular weight excluding hydrogens is 590 g/mol. The summed E-state index contributed by atoms with van der Waals surface area (Å²) in [6.45, 7) is 2.50. The number of halogens is 1. The van der Waals surface area contributed by atoms with Crippen molar-refractivity contribution in [3.05, 3.63) is 102 Å². The second-order valence-electron chi connectivity index (χ2n) is 8.43. The Hall–Kier alpha value is -4.66. The molecule has 0 saturated heterocycles. The molecule has 0 spiro atoms. The van der Waals surface area contributed by atoms with Crippen LogP contribution in [0.4, 0.5) is 11.4 Å². The molecule has 2 heterocycles. The van der Waals surface area contributed by atoms with Crippen LogP contribution in [-0.2, 0) is 6.54 Å². The Balaban J connectivity index is 1.40. The molecule has 5 aromatic rings. The van der Waals surface area contributed by atoms with E-state index in [4.69, 9.17) is 11.6 Å².